The molecule has 0 saturated heterocycles. The third-order valence-electron chi connectivity index (χ3n) is 6.62. The lowest BCUT2D eigenvalue weighted by Crippen LogP contribution is -2.53. The van der Waals surface area contributed by atoms with Crippen LogP contribution in [-0.4, -0.2) is 45.2 Å². The molecular weight excluding hydrogens is 582 g/mol. The molecule has 0 fully saturated rings. The lowest BCUT2D eigenvalue weighted by atomic mass is 9.92. The van der Waals surface area contributed by atoms with E-state index in [1.807, 2.05) is 0 Å². The van der Waals surface area contributed by atoms with E-state index in [1.165, 1.54) is 32.0 Å². The Morgan fingerprint density at radius 2 is 1.51 bits per heavy atom. The summed E-state index contributed by atoms with van der Waals surface area (Å²) in [7, 11) is 0. The predicted molar refractivity (Wildman–Crippen MR) is 144 cm³/mol. The summed E-state index contributed by atoms with van der Waals surface area (Å²) in [5, 5.41) is 9.78. The summed E-state index contributed by atoms with van der Waals surface area (Å²) in [5.74, 6) is -0.400. The minimum Gasteiger partial charge on any atom is -0.476 e. The fourth-order valence-corrected chi connectivity index (χ4v) is 4.42. The van der Waals surface area contributed by atoms with Crippen LogP contribution in [-0.2, 0) is 21.6 Å². The van der Waals surface area contributed by atoms with Crippen molar-refractivity contribution in [1.29, 1.82) is 0 Å². The number of carbonyl (C=O) groups excluding carboxylic acids is 1. The van der Waals surface area contributed by atoms with Crippen LogP contribution in [0.25, 0.3) is 16.6 Å². The first-order chi connectivity index (χ1) is 20.0. The van der Waals surface area contributed by atoms with Gasteiger partial charge in [-0.1, -0.05) is 42.5 Å². The molecule has 0 amide bonds. The number of hydrogen-bond donors (Lipinski definition) is 1. The molecule has 1 heterocycles. The molecule has 0 aliphatic heterocycles. The van der Waals surface area contributed by atoms with E-state index < -0.39 is 40.6 Å². The molecule has 0 aliphatic carbocycles. The van der Waals surface area contributed by atoms with Gasteiger partial charge >= 0.3 is 18.3 Å². The zero-order valence-corrected chi connectivity index (χ0v) is 23.1. The van der Waals surface area contributed by atoms with Gasteiger partial charge in [0, 0.05) is 12.0 Å². The van der Waals surface area contributed by atoms with Gasteiger partial charge in [-0.3, -0.25) is 9.36 Å². The predicted octanol–water partition coefficient (Wildman–Crippen LogP) is 6.01. The Labute approximate surface area is 241 Å². The Morgan fingerprint density at radius 3 is 2.07 bits per heavy atom. The first-order valence-electron chi connectivity index (χ1n) is 12.9. The summed E-state index contributed by atoms with van der Waals surface area (Å²) in [6, 6.07) is 15.7. The molecule has 4 aromatic rings. The number of hydrogen-bond acceptors (Lipinski definition) is 6. The fourth-order valence-electron chi connectivity index (χ4n) is 4.42. The third-order valence-corrected chi connectivity index (χ3v) is 6.62. The minimum absolute atomic E-state index is 0.000125. The van der Waals surface area contributed by atoms with Crippen LogP contribution in [0, 0.1) is 0 Å². The van der Waals surface area contributed by atoms with Crippen LogP contribution in [0.3, 0.4) is 0 Å². The van der Waals surface area contributed by atoms with Gasteiger partial charge in [0.15, 0.2) is 5.60 Å². The van der Waals surface area contributed by atoms with E-state index in [1.54, 1.807) is 37.3 Å². The maximum atomic E-state index is 13.9. The Bertz CT molecular complexity index is 1670. The molecule has 0 aliphatic rings. The van der Waals surface area contributed by atoms with Crippen molar-refractivity contribution in [3.05, 3.63) is 100 Å². The quantitative estimate of drug-likeness (QED) is 0.195. The van der Waals surface area contributed by atoms with Gasteiger partial charge in [-0.25, -0.2) is 9.78 Å². The summed E-state index contributed by atoms with van der Waals surface area (Å²) in [5.41, 5.74) is -7.88. The fraction of sp³-hybridized carbons (Fsp3) is 0.300. The molecule has 0 saturated carbocycles. The molecule has 228 valence electrons. The number of alkyl halides is 6. The monoisotopic (exact) mass is 608 g/mol. The summed E-state index contributed by atoms with van der Waals surface area (Å²) in [6.45, 7) is 4.69. The van der Waals surface area contributed by atoms with E-state index >= 15 is 0 Å². The van der Waals surface area contributed by atoms with Crippen molar-refractivity contribution in [3.63, 3.8) is 0 Å². The first kappa shape index (κ1) is 31.5. The smallest absolute Gasteiger partial charge is 0.430 e. The third kappa shape index (κ3) is 6.07. The van der Waals surface area contributed by atoms with E-state index in [-0.39, 0.29) is 41.2 Å². The van der Waals surface area contributed by atoms with E-state index in [0.717, 1.165) is 22.3 Å². The van der Waals surface area contributed by atoms with Crippen LogP contribution < -0.4 is 10.3 Å². The number of fused-ring (bicyclic) bond motifs is 1. The number of esters is 1. The molecule has 43 heavy (non-hydrogen) atoms. The van der Waals surface area contributed by atoms with E-state index in [2.05, 4.69) is 4.98 Å². The number of rotatable bonds is 8. The van der Waals surface area contributed by atoms with Crippen molar-refractivity contribution in [2.75, 3.05) is 6.61 Å². The Balaban J connectivity index is 1.88. The summed E-state index contributed by atoms with van der Waals surface area (Å²) in [4.78, 5) is 30.7. The van der Waals surface area contributed by atoms with Crippen molar-refractivity contribution in [1.82, 2.24) is 9.55 Å². The van der Waals surface area contributed by atoms with E-state index in [9.17, 15) is 41.0 Å². The van der Waals surface area contributed by atoms with Gasteiger partial charge in [-0.05, 0) is 56.7 Å². The van der Waals surface area contributed by atoms with Gasteiger partial charge in [0.1, 0.15) is 11.6 Å². The molecule has 0 atom stereocenters. The molecular formula is C30H26F6N2O5. The molecule has 4 rings (SSSR count). The number of aliphatic hydroxyl groups is 1. The van der Waals surface area contributed by atoms with Crippen LogP contribution in [0.15, 0.2) is 77.6 Å². The Morgan fingerprint density at radius 1 is 0.907 bits per heavy atom. The van der Waals surface area contributed by atoms with Crippen LogP contribution in [0.1, 0.15) is 37.7 Å². The van der Waals surface area contributed by atoms with Gasteiger partial charge in [-0.2, -0.15) is 26.3 Å². The lowest BCUT2D eigenvalue weighted by Gasteiger charge is -2.32. The molecule has 0 unspecified atom stereocenters. The molecule has 1 aromatic heterocycles. The Hall–Kier alpha value is -4.39. The average molecular weight is 609 g/mol. The van der Waals surface area contributed by atoms with Gasteiger partial charge in [0.05, 0.1) is 23.2 Å². The summed E-state index contributed by atoms with van der Waals surface area (Å²) in [6.07, 6.45) is -12.1. The number of benzene rings is 3. The van der Waals surface area contributed by atoms with Crippen molar-refractivity contribution in [2.24, 2.45) is 0 Å². The van der Waals surface area contributed by atoms with E-state index in [4.69, 9.17) is 9.47 Å². The molecule has 7 nitrogen and oxygen atoms in total. The molecule has 0 spiro atoms. The van der Waals surface area contributed by atoms with Crippen LogP contribution >= 0.6 is 0 Å². The lowest BCUT2D eigenvalue weighted by molar-refractivity contribution is -0.376. The zero-order valence-electron chi connectivity index (χ0n) is 23.1. The largest absolute Gasteiger partial charge is 0.476 e. The van der Waals surface area contributed by atoms with Crippen molar-refractivity contribution >= 4 is 16.9 Å². The van der Waals surface area contributed by atoms with Crippen LogP contribution in [0.5, 0.6) is 5.75 Å². The normalized spacial score (nSPS) is 12.8. The summed E-state index contributed by atoms with van der Waals surface area (Å²) >= 11 is 0. The van der Waals surface area contributed by atoms with Crippen molar-refractivity contribution in [2.45, 2.75) is 50.7 Å². The SMILES string of the molecule is CCOC(=O)C(C)(C)Oc1ccc2nc(Cc3ccccc3)n(-c3ccc(C(O)(C(F)(F)F)C(F)(F)F)cc3)c(=O)c2c1. The van der Waals surface area contributed by atoms with E-state index in [0.29, 0.717) is 12.1 Å². The van der Waals surface area contributed by atoms with Gasteiger partial charge in [-0.15, -0.1) is 0 Å². The Kier molecular flexibility index (Phi) is 8.33. The topological polar surface area (TPSA) is 90.7 Å². The molecule has 0 radical (unpaired) electrons. The average Bonchev–Trinajstić information content (AvgIpc) is 2.92. The standard InChI is InChI=1S/C30H26F6N2O5/c1-4-42-26(40)27(2,3)43-21-14-15-23-22(17-21)25(39)38(24(37-23)16-18-8-6-5-7-9-18)20-12-10-19(11-13-20)28(41,29(31,32)33)30(34,35)36/h5-15,17,41H,4,16H2,1-3H3. The molecule has 0 bridgehead atoms. The highest BCUT2D eigenvalue weighted by atomic mass is 19.4. The number of aromatic nitrogens is 2. The second-order valence-electron chi connectivity index (χ2n) is 10.1. The minimum atomic E-state index is -6.07. The molecule has 1 N–H and O–H groups in total. The second-order valence-corrected chi connectivity index (χ2v) is 10.1. The number of ether oxygens (including phenoxy) is 2. The second kappa shape index (κ2) is 11.4. The number of nitrogens with zero attached hydrogens (tertiary/aromatic N) is 2. The molecule has 3 aromatic carbocycles. The highest BCUT2D eigenvalue weighted by Crippen LogP contribution is 2.50. The molecule has 13 heteroatoms. The van der Waals surface area contributed by atoms with Crippen molar-refractivity contribution < 1.29 is 45.7 Å². The first-order valence-corrected chi connectivity index (χ1v) is 12.9. The summed E-state index contributed by atoms with van der Waals surface area (Å²) < 4.78 is 92.4. The van der Waals surface area contributed by atoms with Crippen LogP contribution in [0.2, 0.25) is 0 Å². The maximum Gasteiger partial charge on any atom is 0.430 e. The van der Waals surface area contributed by atoms with Gasteiger partial charge in [0.2, 0.25) is 0 Å². The van der Waals surface area contributed by atoms with Gasteiger partial charge in [0.25, 0.3) is 11.2 Å². The number of carbonyl (C=O) groups is 1. The van der Waals surface area contributed by atoms with Gasteiger partial charge < -0.3 is 14.6 Å². The van der Waals surface area contributed by atoms with Crippen LogP contribution in [0.4, 0.5) is 26.3 Å². The maximum absolute atomic E-state index is 13.9. The number of halogens is 6. The highest BCUT2D eigenvalue weighted by Gasteiger charge is 2.71. The highest BCUT2D eigenvalue weighted by molar-refractivity contribution is 5.81. The van der Waals surface area contributed by atoms with Crippen molar-refractivity contribution in [3.8, 4) is 11.4 Å². The zero-order chi connectivity index (χ0) is 31.8.